The van der Waals surface area contributed by atoms with Crippen LogP contribution in [0, 0.1) is 6.92 Å². The maximum absolute atomic E-state index is 13.0. The Morgan fingerprint density at radius 2 is 2.00 bits per heavy atom. The zero-order valence-electron chi connectivity index (χ0n) is 16.4. The quantitative estimate of drug-likeness (QED) is 0.657. The summed E-state index contributed by atoms with van der Waals surface area (Å²) >= 11 is 0. The number of carbonyl (C=O) groups is 1. The van der Waals surface area contributed by atoms with Gasteiger partial charge in [0, 0.05) is 24.2 Å². The zero-order chi connectivity index (χ0) is 21.9. The van der Waals surface area contributed by atoms with Crippen molar-refractivity contribution in [3.8, 4) is 5.69 Å². The highest BCUT2D eigenvalue weighted by molar-refractivity contribution is 5.92. The van der Waals surface area contributed by atoms with Crippen LogP contribution in [0.4, 0.5) is 13.2 Å². The molecule has 0 spiro atoms. The number of halogens is 3. The van der Waals surface area contributed by atoms with Crippen LogP contribution in [0.5, 0.6) is 0 Å². The van der Waals surface area contributed by atoms with Crippen molar-refractivity contribution in [3.05, 3.63) is 81.7 Å². The van der Waals surface area contributed by atoms with Crippen LogP contribution in [-0.2, 0) is 12.6 Å². The lowest BCUT2D eigenvalue weighted by Gasteiger charge is -2.15. The summed E-state index contributed by atoms with van der Waals surface area (Å²) in [6.45, 7) is 3.31. The molecule has 3 rings (SSSR count). The molecule has 3 aromatic rings. The highest BCUT2D eigenvalue weighted by atomic mass is 19.4. The molecule has 0 aliphatic rings. The van der Waals surface area contributed by atoms with E-state index >= 15 is 0 Å². The summed E-state index contributed by atoms with van der Waals surface area (Å²) in [5.41, 5.74) is -1.43. The van der Waals surface area contributed by atoms with Crippen LogP contribution in [0.25, 0.3) is 5.69 Å². The van der Waals surface area contributed by atoms with Gasteiger partial charge in [0.15, 0.2) is 5.69 Å². The van der Waals surface area contributed by atoms with Crippen LogP contribution in [-0.4, -0.2) is 21.7 Å². The van der Waals surface area contributed by atoms with Gasteiger partial charge in [-0.1, -0.05) is 6.07 Å². The number of alkyl halides is 3. The van der Waals surface area contributed by atoms with Gasteiger partial charge in [0.05, 0.1) is 17.5 Å². The number of furan rings is 1. The molecule has 2 heterocycles. The predicted octanol–water partition coefficient (Wildman–Crippen LogP) is 3.90. The number of aromatic nitrogens is 2. The zero-order valence-corrected chi connectivity index (χ0v) is 16.4. The van der Waals surface area contributed by atoms with Crippen molar-refractivity contribution in [3.63, 3.8) is 0 Å². The van der Waals surface area contributed by atoms with Crippen molar-refractivity contribution < 1.29 is 22.4 Å². The number of benzene rings is 1. The van der Waals surface area contributed by atoms with Gasteiger partial charge in [-0.05, 0) is 50.6 Å². The summed E-state index contributed by atoms with van der Waals surface area (Å²) in [7, 11) is 0. The van der Waals surface area contributed by atoms with Crippen molar-refractivity contribution in [2.75, 3.05) is 0 Å². The van der Waals surface area contributed by atoms with Gasteiger partial charge in [0.2, 0.25) is 5.43 Å². The lowest BCUT2D eigenvalue weighted by atomic mass is 10.1. The average molecular weight is 419 g/mol. The molecule has 9 heteroatoms. The second-order valence-corrected chi connectivity index (χ2v) is 6.95. The minimum atomic E-state index is -4.52. The summed E-state index contributed by atoms with van der Waals surface area (Å²) in [5, 5.41) is 6.73. The number of hydrogen-bond donors (Lipinski definition) is 1. The smallest absolute Gasteiger partial charge is 0.416 e. The van der Waals surface area contributed by atoms with Crippen LogP contribution in [0.1, 0.15) is 40.9 Å². The summed E-state index contributed by atoms with van der Waals surface area (Å²) in [6.07, 6.45) is -1.78. The molecule has 1 atom stereocenters. The molecule has 0 aliphatic heterocycles. The van der Waals surface area contributed by atoms with E-state index in [2.05, 4.69) is 10.4 Å². The van der Waals surface area contributed by atoms with Gasteiger partial charge in [-0.15, -0.1) is 0 Å². The molecule has 30 heavy (non-hydrogen) atoms. The number of carbonyl (C=O) groups excluding carboxylic acids is 1. The third-order valence-corrected chi connectivity index (χ3v) is 4.52. The highest BCUT2D eigenvalue weighted by Gasteiger charge is 2.30. The molecule has 0 fully saturated rings. The van der Waals surface area contributed by atoms with Crippen molar-refractivity contribution in [2.45, 2.75) is 38.9 Å². The molecule has 0 saturated carbocycles. The molecule has 1 N–H and O–H groups in total. The van der Waals surface area contributed by atoms with E-state index in [1.54, 1.807) is 19.3 Å². The number of nitrogens with one attached hydrogen (secondary N) is 1. The lowest BCUT2D eigenvalue weighted by Crippen LogP contribution is -2.37. The van der Waals surface area contributed by atoms with Gasteiger partial charge in [0.25, 0.3) is 5.91 Å². The maximum atomic E-state index is 13.0. The Balaban J connectivity index is 1.82. The number of amides is 1. The van der Waals surface area contributed by atoms with E-state index in [0.717, 1.165) is 22.6 Å². The van der Waals surface area contributed by atoms with Crippen molar-refractivity contribution in [1.29, 1.82) is 0 Å². The highest BCUT2D eigenvalue weighted by Crippen LogP contribution is 2.30. The van der Waals surface area contributed by atoms with Crippen LogP contribution in [0.3, 0.4) is 0 Å². The predicted molar refractivity (Wildman–Crippen MR) is 104 cm³/mol. The van der Waals surface area contributed by atoms with E-state index in [0.29, 0.717) is 18.5 Å². The van der Waals surface area contributed by atoms with Gasteiger partial charge in [-0.25, -0.2) is 4.68 Å². The van der Waals surface area contributed by atoms with E-state index < -0.39 is 23.1 Å². The third-order valence-electron chi connectivity index (χ3n) is 4.52. The lowest BCUT2D eigenvalue weighted by molar-refractivity contribution is -0.137. The van der Waals surface area contributed by atoms with Crippen LogP contribution in [0.2, 0.25) is 0 Å². The molecule has 158 valence electrons. The first-order valence-corrected chi connectivity index (χ1v) is 9.27. The number of rotatable bonds is 6. The van der Waals surface area contributed by atoms with Gasteiger partial charge in [-0.3, -0.25) is 9.59 Å². The van der Waals surface area contributed by atoms with E-state index in [4.69, 9.17) is 4.42 Å². The molecular formula is C21H20F3N3O3. The third kappa shape index (κ3) is 4.97. The largest absolute Gasteiger partial charge is 0.469 e. The van der Waals surface area contributed by atoms with Crippen molar-refractivity contribution in [2.24, 2.45) is 0 Å². The van der Waals surface area contributed by atoms with Crippen LogP contribution in [0.15, 0.2) is 57.9 Å². The minimum absolute atomic E-state index is 0.0993. The van der Waals surface area contributed by atoms with Gasteiger partial charge < -0.3 is 9.73 Å². The first kappa shape index (κ1) is 21.4. The van der Waals surface area contributed by atoms with Crippen molar-refractivity contribution in [1.82, 2.24) is 15.1 Å². The van der Waals surface area contributed by atoms with E-state index in [1.165, 1.54) is 25.1 Å². The van der Waals surface area contributed by atoms with Crippen LogP contribution < -0.4 is 10.7 Å². The number of hydrogen-bond acceptors (Lipinski definition) is 4. The first-order valence-electron chi connectivity index (χ1n) is 9.27. The molecule has 0 radical (unpaired) electrons. The molecule has 0 aliphatic carbocycles. The van der Waals surface area contributed by atoms with Gasteiger partial charge in [-0.2, -0.15) is 18.3 Å². The molecule has 0 bridgehead atoms. The standard InChI is InChI=1S/C21H20F3N3O3/c1-13(8-9-17-7-4-10-30-17)25-20(29)19-18(28)11-14(2)27(26-19)16-6-3-5-15(12-16)21(22,23)24/h3-7,10-13H,8-9H2,1-2H3,(H,25,29). The average Bonchev–Trinajstić information content (AvgIpc) is 3.19. The normalized spacial score (nSPS) is 12.6. The van der Waals surface area contributed by atoms with E-state index in [9.17, 15) is 22.8 Å². The Morgan fingerprint density at radius 3 is 2.67 bits per heavy atom. The molecule has 2 aromatic heterocycles. The van der Waals surface area contributed by atoms with Crippen molar-refractivity contribution >= 4 is 5.91 Å². The molecule has 1 aromatic carbocycles. The Bertz CT molecular complexity index is 1090. The van der Waals surface area contributed by atoms with E-state index in [1.807, 2.05) is 6.07 Å². The first-order chi connectivity index (χ1) is 14.1. The molecule has 1 amide bonds. The summed E-state index contributed by atoms with van der Waals surface area (Å²) in [5.74, 6) is 0.0872. The van der Waals surface area contributed by atoms with E-state index in [-0.39, 0.29) is 17.4 Å². The molecule has 0 saturated heterocycles. The summed E-state index contributed by atoms with van der Waals surface area (Å²) in [6, 6.07) is 9.02. The van der Waals surface area contributed by atoms with Gasteiger partial charge >= 0.3 is 6.18 Å². The number of nitrogens with zero attached hydrogens (tertiary/aromatic N) is 2. The van der Waals surface area contributed by atoms with Gasteiger partial charge in [0.1, 0.15) is 5.76 Å². The molecule has 6 nitrogen and oxygen atoms in total. The Morgan fingerprint density at radius 1 is 1.23 bits per heavy atom. The second-order valence-electron chi connectivity index (χ2n) is 6.95. The molecular weight excluding hydrogens is 399 g/mol. The van der Waals surface area contributed by atoms with Crippen LogP contribution >= 0.6 is 0 Å². The maximum Gasteiger partial charge on any atom is 0.416 e. The summed E-state index contributed by atoms with van der Waals surface area (Å²) < 4.78 is 45.5. The SMILES string of the molecule is Cc1cc(=O)c(C(=O)NC(C)CCc2ccco2)nn1-c1cccc(C(F)(F)F)c1. The Kier molecular flexibility index (Phi) is 6.09. The Labute approximate surface area is 170 Å². The second kappa shape index (κ2) is 8.56. The Hall–Kier alpha value is -3.36. The fourth-order valence-corrected chi connectivity index (χ4v) is 2.96. The summed E-state index contributed by atoms with van der Waals surface area (Å²) in [4.78, 5) is 24.9. The topological polar surface area (TPSA) is 77.1 Å². The fraction of sp³-hybridized carbons (Fsp3) is 0.286. The minimum Gasteiger partial charge on any atom is -0.469 e. The monoisotopic (exact) mass is 419 g/mol. The fourth-order valence-electron chi connectivity index (χ4n) is 2.96. The number of aryl methyl sites for hydroxylation is 2. The molecule has 1 unspecified atom stereocenters.